The summed E-state index contributed by atoms with van der Waals surface area (Å²) in [6, 6.07) is 4.67. The lowest BCUT2D eigenvalue weighted by Gasteiger charge is -2.10. The van der Waals surface area contributed by atoms with Crippen molar-refractivity contribution in [1.82, 2.24) is 0 Å². The summed E-state index contributed by atoms with van der Waals surface area (Å²) in [5.74, 6) is 0.184. The minimum atomic E-state index is -0.205. The summed E-state index contributed by atoms with van der Waals surface area (Å²) in [5.41, 5.74) is 0. The highest BCUT2D eigenvalue weighted by Crippen LogP contribution is 2.34. The molecule has 0 aliphatic heterocycles. The van der Waals surface area contributed by atoms with Crippen LogP contribution in [-0.4, -0.2) is 16.8 Å². The van der Waals surface area contributed by atoms with Gasteiger partial charge in [0.25, 0.3) is 0 Å². The maximum atomic E-state index is 9.46. The van der Waals surface area contributed by atoms with Crippen LogP contribution in [-0.2, 0) is 0 Å². The smallest absolute Gasteiger partial charge is 0.200 e. The number of allylic oxidation sites excluding steroid dienone is 2. The van der Waals surface area contributed by atoms with Gasteiger partial charge in [-0.15, -0.1) is 0 Å². The maximum Gasteiger partial charge on any atom is 0.200 e. The van der Waals surface area contributed by atoms with Crippen LogP contribution < -0.4 is 4.74 Å². The molecule has 0 amide bonds. The lowest BCUT2D eigenvalue weighted by atomic mass is 10.2. The molecular formula is C12H12O3. The Balaban J connectivity index is 2.01. The Morgan fingerprint density at radius 2 is 1.87 bits per heavy atom. The van der Waals surface area contributed by atoms with Gasteiger partial charge in [0.15, 0.2) is 11.5 Å². The van der Waals surface area contributed by atoms with E-state index in [4.69, 9.17) is 4.74 Å². The van der Waals surface area contributed by atoms with Crippen molar-refractivity contribution in [3.05, 3.63) is 42.5 Å². The molecule has 2 N–H and O–H groups in total. The van der Waals surface area contributed by atoms with Crippen LogP contribution >= 0.6 is 0 Å². The van der Waals surface area contributed by atoms with Crippen LogP contribution in [0.25, 0.3) is 0 Å². The van der Waals surface area contributed by atoms with Gasteiger partial charge in [0.1, 0.15) is 0 Å². The third kappa shape index (κ3) is 2.13. The molecule has 0 heterocycles. The summed E-state index contributed by atoms with van der Waals surface area (Å²) < 4.78 is 5.39. The summed E-state index contributed by atoms with van der Waals surface area (Å²) in [5, 5.41) is 18.7. The van der Waals surface area contributed by atoms with Gasteiger partial charge in [-0.05, 0) is 12.1 Å². The number of benzene rings is 1. The molecule has 1 aliphatic carbocycles. The molecule has 15 heavy (non-hydrogen) atoms. The summed E-state index contributed by atoms with van der Waals surface area (Å²) in [7, 11) is 0. The van der Waals surface area contributed by atoms with Gasteiger partial charge >= 0.3 is 0 Å². The predicted octanol–water partition coefficient (Wildman–Crippen LogP) is 2.22. The van der Waals surface area contributed by atoms with E-state index in [0.29, 0.717) is 12.4 Å². The average molecular weight is 204 g/mol. The highest BCUT2D eigenvalue weighted by Gasteiger charge is 2.09. The van der Waals surface area contributed by atoms with Crippen molar-refractivity contribution in [3.63, 3.8) is 0 Å². The Kier molecular flexibility index (Phi) is 2.63. The predicted molar refractivity (Wildman–Crippen MR) is 57.0 cm³/mol. The van der Waals surface area contributed by atoms with Crippen molar-refractivity contribution in [3.8, 4) is 17.2 Å². The van der Waals surface area contributed by atoms with Gasteiger partial charge in [0.2, 0.25) is 5.75 Å². The third-order valence-electron chi connectivity index (χ3n) is 2.24. The zero-order chi connectivity index (χ0) is 10.7. The standard InChI is InChI=1S/C12H12O3/c13-10-6-3-7-11(12(10)14)15-8-9-4-1-2-5-9/h1-7,9,13-14H,8H2. The number of hydrogen-bond acceptors (Lipinski definition) is 3. The molecule has 2 rings (SSSR count). The Hall–Kier alpha value is -1.90. The monoisotopic (exact) mass is 204 g/mol. The second-order valence-corrected chi connectivity index (χ2v) is 3.37. The molecule has 0 spiro atoms. The third-order valence-corrected chi connectivity index (χ3v) is 2.24. The van der Waals surface area contributed by atoms with Crippen LogP contribution in [0.5, 0.6) is 17.2 Å². The molecule has 1 aromatic carbocycles. The fraction of sp³-hybridized carbons (Fsp3) is 0.167. The number of phenolic OH excluding ortho intramolecular Hbond substituents is 2. The Morgan fingerprint density at radius 3 is 2.60 bits per heavy atom. The fourth-order valence-corrected chi connectivity index (χ4v) is 1.40. The first-order valence-corrected chi connectivity index (χ1v) is 4.76. The molecule has 1 aliphatic rings. The summed E-state index contributed by atoms with van der Waals surface area (Å²) >= 11 is 0. The van der Waals surface area contributed by atoms with Crippen LogP contribution in [0, 0.1) is 5.92 Å². The number of rotatable bonds is 3. The number of ether oxygens (including phenoxy) is 1. The van der Waals surface area contributed by atoms with Crippen molar-refractivity contribution in [2.75, 3.05) is 6.61 Å². The van der Waals surface area contributed by atoms with Gasteiger partial charge in [-0.25, -0.2) is 0 Å². The minimum absolute atomic E-state index is 0.162. The van der Waals surface area contributed by atoms with E-state index in [1.807, 2.05) is 24.3 Å². The van der Waals surface area contributed by atoms with Crippen molar-refractivity contribution >= 4 is 0 Å². The highest BCUT2D eigenvalue weighted by atomic mass is 16.5. The molecule has 1 aromatic rings. The van der Waals surface area contributed by atoms with E-state index >= 15 is 0 Å². The molecule has 0 radical (unpaired) electrons. The Morgan fingerprint density at radius 1 is 1.13 bits per heavy atom. The van der Waals surface area contributed by atoms with Gasteiger partial charge in [-0.1, -0.05) is 30.4 Å². The highest BCUT2D eigenvalue weighted by molar-refractivity contribution is 5.48. The zero-order valence-corrected chi connectivity index (χ0v) is 8.13. The molecule has 0 aromatic heterocycles. The number of hydrogen-bond donors (Lipinski definition) is 2. The van der Waals surface area contributed by atoms with Gasteiger partial charge < -0.3 is 14.9 Å². The van der Waals surface area contributed by atoms with E-state index in [1.165, 1.54) is 6.07 Å². The van der Waals surface area contributed by atoms with Crippen molar-refractivity contribution in [1.29, 1.82) is 0 Å². The molecular weight excluding hydrogens is 192 g/mol. The zero-order valence-electron chi connectivity index (χ0n) is 8.13. The van der Waals surface area contributed by atoms with E-state index < -0.39 is 0 Å². The molecule has 0 unspecified atom stereocenters. The second kappa shape index (κ2) is 4.09. The van der Waals surface area contributed by atoms with E-state index in [2.05, 4.69) is 0 Å². The first kappa shape index (κ1) is 9.65. The molecule has 0 saturated carbocycles. The summed E-state index contributed by atoms with van der Waals surface area (Å²) in [4.78, 5) is 0. The SMILES string of the molecule is Oc1cccc(OCC2C=CC=C2)c1O. The summed E-state index contributed by atoms with van der Waals surface area (Å²) in [6.07, 6.45) is 7.94. The first-order chi connectivity index (χ1) is 7.27. The Bertz CT molecular complexity index is 395. The number of para-hydroxylation sites is 1. The van der Waals surface area contributed by atoms with Crippen molar-refractivity contribution in [2.45, 2.75) is 0 Å². The van der Waals surface area contributed by atoms with Crippen LogP contribution in [0.3, 0.4) is 0 Å². The number of aromatic hydroxyl groups is 2. The molecule has 78 valence electrons. The quantitative estimate of drug-likeness (QED) is 0.742. The van der Waals surface area contributed by atoms with Crippen molar-refractivity contribution < 1.29 is 14.9 Å². The molecule has 3 nitrogen and oxygen atoms in total. The van der Waals surface area contributed by atoms with Crippen LogP contribution in [0.15, 0.2) is 42.5 Å². The minimum Gasteiger partial charge on any atom is -0.504 e. The Labute approximate surface area is 87.9 Å². The van der Waals surface area contributed by atoms with Gasteiger partial charge in [0.05, 0.1) is 6.61 Å². The normalized spacial score (nSPS) is 14.7. The van der Waals surface area contributed by atoms with Gasteiger partial charge in [0, 0.05) is 5.92 Å². The fourth-order valence-electron chi connectivity index (χ4n) is 1.40. The molecule has 3 heteroatoms. The van der Waals surface area contributed by atoms with Crippen LogP contribution in [0.2, 0.25) is 0 Å². The molecule has 0 saturated heterocycles. The largest absolute Gasteiger partial charge is 0.504 e. The maximum absolute atomic E-state index is 9.46. The van der Waals surface area contributed by atoms with Crippen LogP contribution in [0.4, 0.5) is 0 Å². The second-order valence-electron chi connectivity index (χ2n) is 3.37. The van der Waals surface area contributed by atoms with Gasteiger partial charge in [-0.2, -0.15) is 0 Å². The average Bonchev–Trinajstić information content (AvgIpc) is 2.73. The first-order valence-electron chi connectivity index (χ1n) is 4.76. The lowest BCUT2D eigenvalue weighted by molar-refractivity contribution is 0.277. The van der Waals surface area contributed by atoms with E-state index in [1.54, 1.807) is 12.1 Å². The van der Waals surface area contributed by atoms with E-state index in [0.717, 1.165) is 0 Å². The van der Waals surface area contributed by atoms with E-state index in [-0.39, 0.29) is 17.4 Å². The summed E-state index contributed by atoms with van der Waals surface area (Å²) in [6.45, 7) is 0.462. The lowest BCUT2D eigenvalue weighted by Crippen LogP contribution is -2.05. The van der Waals surface area contributed by atoms with E-state index in [9.17, 15) is 10.2 Å². The van der Waals surface area contributed by atoms with Crippen molar-refractivity contribution in [2.24, 2.45) is 5.92 Å². The van der Waals surface area contributed by atoms with Gasteiger partial charge in [-0.3, -0.25) is 0 Å². The number of phenols is 2. The van der Waals surface area contributed by atoms with Crippen LogP contribution in [0.1, 0.15) is 0 Å². The molecule has 0 bridgehead atoms. The molecule has 0 fully saturated rings. The topological polar surface area (TPSA) is 49.7 Å². The molecule has 0 atom stereocenters.